The molecule has 0 aliphatic heterocycles. The van der Waals surface area contributed by atoms with E-state index in [2.05, 4.69) is 4.98 Å². The zero-order valence-electron chi connectivity index (χ0n) is 13.0. The molecule has 0 fully saturated rings. The van der Waals surface area contributed by atoms with Crippen molar-refractivity contribution < 1.29 is 12.8 Å². The highest BCUT2D eigenvalue weighted by atomic mass is 32.2. The van der Waals surface area contributed by atoms with Gasteiger partial charge >= 0.3 is 0 Å². The molecule has 3 rings (SSSR count). The molecule has 1 aromatic heterocycles. The van der Waals surface area contributed by atoms with Crippen LogP contribution in [0, 0.1) is 0 Å². The summed E-state index contributed by atoms with van der Waals surface area (Å²) < 4.78 is 29.6. The number of nitrogens with zero attached hydrogens (tertiary/aromatic N) is 1. The summed E-state index contributed by atoms with van der Waals surface area (Å²) in [6.45, 7) is 3.54. The minimum atomic E-state index is -3.25. The second-order valence-electron chi connectivity index (χ2n) is 5.29. The van der Waals surface area contributed by atoms with Gasteiger partial charge in [0.05, 0.1) is 10.6 Å². The summed E-state index contributed by atoms with van der Waals surface area (Å²) in [6.07, 6.45) is 1.98. The van der Waals surface area contributed by atoms with Gasteiger partial charge in [0.15, 0.2) is 15.4 Å². The maximum absolute atomic E-state index is 12.0. The highest BCUT2D eigenvalue weighted by molar-refractivity contribution is 7.91. The Bertz CT molecular complexity index is 970. The molecule has 0 radical (unpaired) electrons. The van der Waals surface area contributed by atoms with Gasteiger partial charge in [-0.2, -0.15) is 0 Å². The predicted octanol–water partition coefficient (Wildman–Crippen LogP) is 4.18. The molecule has 0 amide bonds. The Morgan fingerprint density at radius 1 is 1.17 bits per heavy atom. The van der Waals surface area contributed by atoms with Crippen LogP contribution in [0.2, 0.25) is 0 Å². The second kappa shape index (κ2) is 6.01. The molecule has 0 atom stereocenters. The summed E-state index contributed by atoms with van der Waals surface area (Å²) in [7, 11) is -3.25. The van der Waals surface area contributed by atoms with Crippen LogP contribution in [0.3, 0.4) is 0 Å². The first-order valence-electron chi connectivity index (χ1n) is 7.36. The van der Waals surface area contributed by atoms with E-state index < -0.39 is 9.84 Å². The first-order valence-corrected chi connectivity index (χ1v) is 9.02. The number of rotatable bonds is 4. The third-order valence-corrected chi connectivity index (χ3v) is 5.35. The van der Waals surface area contributed by atoms with Crippen molar-refractivity contribution in [2.75, 3.05) is 5.75 Å². The maximum Gasteiger partial charge on any atom is 0.222 e. The van der Waals surface area contributed by atoms with Gasteiger partial charge in [-0.3, -0.25) is 0 Å². The number of benzene rings is 2. The third-order valence-electron chi connectivity index (χ3n) is 3.62. The van der Waals surface area contributed by atoms with Crippen molar-refractivity contribution in [2.24, 2.45) is 0 Å². The van der Waals surface area contributed by atoms with E-state index in [0.717, 1.165) is 11.1 Å². The largest absolute Gasteiger partial charge is 0.436 e. The van der Waals surface area contributed by atoms with Crippen LogP contribution in [0.15, 0.2) is 57.8 Å². The molecule has 0 spiro atoms. The number of hydrogen-bond acceptors (Lipinski definition) is 4. The van der Waals surface area contributed by atoms with Gasteiger partial charge in [0.25, 0.3) is 0 Å². The maximum atomic E-state index is 12.0. The third kappa shape index (κ3) is 3.19. The van der Waals surface area contributed by atoms with Crippen molar-refractivity contribution in [3.8, 4) is 0 Å². The molecular formula is C18H17NO3S. The van der Waals surface area contributed by atoms with Gasteiger partial charge in [0.1, 0.15) is 5.52 Å². The van der Waals surface area contributed by atoms with E-state index in [9.17, 15) is 8.42 Å². The minimum absolute atomic E-state index is 0.0656. The van der Waals surface area contributed by atoms with E-state index in [1.165, 1.54) is 0 Å². The first-order chi connectivity index (χ1) is 11.0. The van der Waals surface area contributed by atoms with E-state index in [1.807, 2.05) is 43.3 Å². The van der Waals surface area contributed by atoms with Gasteiger partial charge in [0, 0.05) is 5.57 Å². The molecule has 2 aromatic carbocycles. The van der Waals surface area contributed by atoms with Crippen LogP contribution in [0.4, 0.5) is 0 Å². The lowest BCUT2D eigenvalue weighted by atomic mass is 10.1. The number of hydrogen-bond donors (Lipinski definition) is 0. The molecule has 0 saturated carbocycles. The van der Waals surface area contributed by atoms with E-state index in [-0.39, 0.29) is 10.6 Å². The average Bonchev–Trinajstić information content (AvgIpc) is 2.99. The molecule has 0 saturated heterocycles. The van der Waals surface area contributed by atoms with Crippen molar-refractivity contribution in [1.82, 2.24) is 4.98 Å². The SMILES string of the molecule is CCS(=O)(=O)c1ccc2oc(C(C)=Cc3ccccc3)nc2c1. The molecule has 0 N–H and O–H groups in total. The molecule has 23 heavy (non-hydrogen) atoms. The van der Waals surface area contributed by atoms with Crippen molar-refractivity contribution in [3.63, 3.8) is 0 Å². The topological polar surface area (TPSA) is 60.2 Å². The smallest absolute Gasteiger partial charge is 0.222 e. The Kier molecular flexibility index (Phi) is 4.05. The van der Waals surface area contributed by atoms with Crippen molar-refractivity contribution in [1.29, 1.82) is 0 Å². The number of fused-ring (bicyclic) bond motifs is 1. The lowest BCUT2D eigenvalue weighted by Gasteiger charge is -1.99. The summed E-state index contributed by atoms with van der Waals surface area (Å²) in [6, 6.07) is 14.7. The van der Waals surface area contributed by atoms with Gasteiger partial charge in [0.2, 0.25) is 5.89 Å². The fourth-order valence-corrected chi connectivity index (χ4v) is 3.20. The van der Waals surface area contributed by atoms with Crippen molar-refractivity contribution in [3.05, 3.63) is 60.0 Å². The summed E-state index contributed by atoms with van der Waals surface area (Å²) >= 11 is 0. The van der Waals surface area contributed by atoms with Gasteiger partial charge in [-0.05, 0) is 36.8 Å². The predicted molar refractivity (Wildman–Crippen MR) is 91.7 cm³/mol. The van der Waals surface area contributed by atoms with E-state index >= 15 is 0 Å². The average molecular weight is 327 g/mol. The van der Waals surface area contributed by atoms with E-state index in [4.69, 9.17) is 4.42 Å². The Hall–Kier alpha value is -2.40. The molecule has 5 heteroatoms. The quantitative estimate of drug-likeness (QED) is 0.721. The summed E-state index contributed by atoms with van der Waals surface area (Å²) in [5.41, 5.74) is 3.07. The molecule has 0 bridgehead atoms. The van der Waals surface area contributed by atoms with Crippen LogP contribution in [0.5, 0.6) is 0 Å². The Morgan fingerprint density at radius 2 is 1.91 bits per heavy atom. The molecular weight excluding hydrogens is 310 g/mol. The Morgan fingerprint density at radius 3 is 2.61 bits per heavy atom. The van der Waals surface area contributed by atoms with Gasteiger partial charge < -0.3 is 4.42 Å². The molecule has 1 heterocycles. The Labute approximate surface area is 135 Å². The highest BCUT2D eigenvalue weighted by Gasteiger charge is 2.15. The van der Waals surface area contributed by atoms with Crippen LogP contribution in [0.1, 0.15) is 25.3 Å². The monoisotopic (exact) mass is 327 g/mol. The summed E-state index contributed by atoms with van der Waals surface area (Å²) in [5, 5.41) is 0. The molecule has 118 valence electrons. The van der Waals surface area contributed by atoms with Crippen LogP contribution >= 0.6 is 0 Å². The lowest BCUT2D eigenvalue weighted by Crippen LogP contribution is -2.03. The number of aromatic nitrogens is 1. The van der Waals surface area contributed by atoms with E-state index in [1.54, 1.807) is 25.1 Å². The normalized spacial score (nSPS) is 12.7. The van der Waals surface area contributed by atoms with E-state index in [0.29, 0.717) is 17.0 Å². The fourth-order valence-electron chi connectivity index (χ4n) is 2.30. The fraction of sp³-hybridized carbons (Fsp3) is 0.167. The summed E-state index contributed by atoms with van der Waals surface area (Å²) in [5.74, 6) is 0.561. The number of allylic oxidation sites excluding steroid dienone is 1. The second-order valence-corrected chi connectivity index (χ2v) is 7.57. The van der Waals surface area contributed by atoms with Gasteiger partial charge in [-0.15, -0.1) is 0 Å². The molecule has 4 nitrogen and oxygen atoms in total. The van der Waals surface area contributed by atoms with Crippen LogP contribution in [-0.2, 0) is 9.84 Å². The van der Waals surface area contributed by atoms with Crippen molar-refractivity contribution in [2.45, 2.75) is 18.7 Å². The van der Waals surface area contributed by atoms with Crippen LogP contribution in [-0.4, -0.2) is 19.2 Å². The van der Waals surface area contributed by atoms with Gasteiger partial charge in [-0.25, -0.2) is 13.4 Å². The Balaban J connectivity index is 2.02. The molecule has 0 aliphatic rings. The lowest BCUT2D eigenvalue weighted by molar-refractivity contribution is 0.584. The van der Waals surface area contributed by atoms with Crippen LogP contribution < -0.4 is 0 Å². The minimum Gasteiger partial charge on any atom is -0.436 e. The standard InChI is InChI=1S/C18H17NO3S/c1-3-23(20,21)15-9-10-17-16(12-15)19-18(22-17)13(2)11-14-7-5-4-6-8-14/h4-12H,3H2,1-2H3. The summed E-state index contributed by atoms with van der Waals surface area (Å²) in [4.78, 5) is 4.69. The zero-order chi connectivity index (χ0) is 16.4. The highest BCUT2D eigenvalue weighted by Crippen LogP contribution is 2.25. The first kappa shape index (κ1) is 15.5. The van der Waals surface area contributed by atoms with Crippen LogP contribution in [0.25, 0.3) is 22.7 Å². The zero-order valence-corrected chi connectivity index (χ0v) is 13.8. The van der Waals surface area contributed by atoms with Crippen molar-refractivity contribution >= 4 is 32.6 Å². The molecule has 3 aromatic rings. The molecule has 0 unspecified atom stereocenters. The number of sulfone groups is 1. The molecule has 0 aliphatic carbocycles. The van der Waals surface area contributed by atoms with Gasteiger partial charge in [-0.1, -0.05) is 37.3 Å². The number of oxazole rings is 1.